The number of rotatable bonds is 9. The third kappa shape index (κ3) is 17.7. The second kappa shape index (κ2) is 25.6. The molecule has 0 aromatic heterocycles. The van der Waals surface area contributed by atoms with E-state index in [1.165, 1.54) is 37.1 Å². The van der Waals surface area contributed by atoms with Crippen molar-refractivity contribution in [1.29, 1.82) is 0 Å². The van der Waals surface area contributed by atoms with Gasteiger partial charge in [-0.2, -0.15) is 26.3 Å². The van der Waals surface area contributed by atoms with Crippen LogP contribution >= 0.6 is 0 Å². The zero-order chi connectivity index (χ0) is 41.5. The Bertz CT molecular complexity index is 1580. The van der Waals surface area contributed by atoms with Crippen LogP contribution in [0.3, 0.4) is 0 Å². The van der Waals surface area contributed by atoms with Crippen LogP contribution in [0.1, 0.15) is 102 Å². The van der Waals surface area contributed by atoms with Crippen molar-refractivity contribution < 1.29 is 75.2 Å². The van der Waals surface area contributed by atoms with Crippen LogP contribution in [0.5, 0.6) is 11.5 Å². The van der Waals surface area contributed by atoms with Crippen molar-refractivity contribution >= 4 is 34.8 Å². The number of ether oxygens (including phenoxy) is 3. The average molecular weight is 863 g/mol. The molecule has 2 aromatic rings. The fraction of sp³-hybridized carbons (Fsp3) is 0.659. The first kappa shape index (κ1) is 51.8. The van der Waals surface area contributed by atoms with Gasteiger partial charge in [0.2, 0.25) is 5.91 Å². The van der Waals surface area contributed by atoms with E-state index in [0.29, 0.717) is 74.6 Å². The molecule has 5 aliphatic rings. The molecular formula is C44H62AlF6LiN2O6. The third-order valence-corrected chi connectivity index (χ3v) is 11.7. The molecule has 2 saturated carbocycles. The normalized spacial score (nSPS) is 21.9. The number of nitrogens with zero attached hydrogens (tertiary/aromatic N) is 2. The minimum Gasteiger partial charge on any atom is -1.00 e. The Hall–Kier alpha value is -2.52. The van der Waals surface area contributed by atoms with Gasteiger partial charge >= 0.3 is 31.2 Å². The summed E-state index contributed by atoms with van der Waals surface area (Å²) in [6.07, 6.45) is 3.61. The van der Waals surface area contributed by atoms with Crippen LogP contribution in [0.4, 0.5) is 26.3 Å². The van der Waals surface area contributed by atoms with Gasteiger partial charge in [0.1, 0.15) is 23.1 Å². The first-order chi connectivity index (χ1) is 27.7. The van der Waals surface area contributed by atoms with E-state index >= 15 is 0 Å². The Kier molecular flexibility index (Phi) is 22.1. The molecule has 16 heteroatoms. The molecule has 7 rings (SSSR count). The molecule has 0 N–H and O–H groups in total. The summed E-state index contributed by atoms with van der Waals surface area (Å²) in [7, 11) is 0. The van der Waals surface area contributed by atoms with Gasteiger partial charge in [0.05, 0.1) is 24.3 Å². The Morgan fingerprint density at radius 3 is 1.53 bits per heavy atom. The summed E-state index contributed by atoms with van der Waals surface area (Å²) in [6, 6.07) is 9.58. The Balaban J connectivity index is 0.000000360. The fourth-order valence-electron chi connectivity index (χ4n) is 8.27. The van der Waals surface area contributed by atoms with E-state index < -0.39 is 23.5 Å². The van der Waals surface area contributed by atoms with Gasteiger partial charge in [-0.3, -0.25) is 14.4 Å². The number of hydrogen-bond donors (Lipinski definition) is 0. The van der Waals surface area contributed by atoms with Crippen LogP contribution in [-0.2, 0) is 31.5 Å². The maximum atomic E-state index is 12.7. The van der Waals surface area contributed by atoms with Gasteiger partial charge in [0.15, 0.2) is 17.4 Å². The van der Waals surface area contributed by atoms with Crippen molar-refractivity contribution in [1.82, 2.24) is 9.80 Å². The molecule has 1 amide bonds. The zero-order valence-corrected chi connectivity index (χ0v) is 34.3. The molecular weight excluding hydrogens is 800 g/mol. The summed E-state index contributed by atoms with van der Waals surface area (Å²) in [6.45, 7) is 7.32. The zero-order valence-electron chi connectivity index (χ0n) is 35.3. The van der Waals surface area contributed by atoms with Crippen LogP contribution < -0.4 is 28.3 Å². The van der Waals surface area contributed by atoms with Gasteiger partial charge < -0.3 is 25.4 Å². The number of benzene rings is 2. The number of likely N-dealkylation sites (tertiary alicyclic amines) is 2. The number of carbonyl (C=O) groups is 3. The van der Waals surface area contributed by atoms with Crippen LogP contribution in [-0.4, -0.2) is 104 Å². The van der Waals surface area contributed by atoms with Crippen molar-refractivity contribution in [2.45, 2.75) is 102 Å². The Morgan fingerprint density at radius 2 is 1.08 bits per heavy atom. The molecule has 3 heterocycles. The second-order valence-electron chi connectivity index (χ2n) is 16.3. The van der Waals surface area contributed by atoms with Gasteiger partial charge in [0, 0.05) is 82.8 Å². The van der Waals surface area contributed by atoms with E-state index in [4.69, 9.17) is 14.2 Å². The Morgan fingerprint density at radius 1 is 0.633 bits per heavy atom. The summed E-state index contributed by atoms with van der Waals surface area (Å²) in [5.74, 6) is 2.76. The molecule has 330 valence electrons. The minimum absolute atomic E-state index is 0. The van der Waals surface area contributed by atoms with Crippen molar-refractivity contribution in [2.75, 3.05) is 59.2 Å². The van der Waals surface area contributed by atoms with Crippen molar-refractivity contribution in [2.24, 2.45) is 23.7 Å². The van der Waals surface area contributed by atoms with Gasteiger partial charge in [-0.25, -0.2) is 0 Å². The molecule has 2 aliphatic carbocycles. The Labute approximate surface area is 374 Å². The van der Waals surface area contributed by atoms with Crippen molar-refractivity contribution in [3.8, 4) is 11.5 Å². The SMILES string of the molecule is C1CCOC1.O=C1CCC(C(=O)N2CCCC(COc3ccc(C(F)(F)F)cc3)C2)CC1.O=C1CCC(CN2CCCC(COc3ccc(C(F)(F)F)cc3)C2)CC1.[AlH3].[H-].[Li+]. The number of halogens is 6. The van der Waals surface area contributed by atoms with E-state index in [2.05, 4.69) is 4.90 Å². The third-order valence-electron chi connectivity index (χ3n) is 11.7. The quantitative estimate of drug-likeness (QED) is 0.248. The number of alkyl halides is 6. The standard InChI is InChI=1S/C20H24F3NO3.C20H26F3NO2.C4H8O.Al.Li.4H/c21-20(22,23)16-5-9-18(10-6-16)27-13-14-2-1-11-24(12-14)19(26)15-3-7-17(25)8-4-15;21-20(22,23)17-5-9-19(10-6-17)26-14-16-2-1-11-24(13-16)12-15-3-7-18(25)8-4-15;1-2-4-5-3-1;;;;;;/h5-6,9-10,14-15H,1-4,7-8,11-13H2;5-6,9-10,15-16H,1-4,7-8,11-14H2;1-4H2;;;;;;/q;;;;+1;;;;-1. The number of piperidine rings is 2. The number of hydrogen-bond acceptors (Lipinski definition) is 7. The molecule has 3 saturated heterocycles. The molecule has 3 aliphatic heterocycles. The van der Waals surface area contributed by atoms with E-state index in [-0.39, 0.29) is 61.2 Å². The molecule has 2 atom stereocenters. The smallest absolute Gasteiger partial charge is 1.00 e. The summed E-state index contributed by atoms with van der Waals surface area (Å²) < 4.78 is 91.9. The molecule has 2 unspecified atom stereocenters. The average Bonchev–Trinajstić information content (AvgIpc) is 3.81. The van der Waals surface area contributed by atoms with Gasteiger partial charge in [-0.1, -0.05) is 0 Å². The van der Waals surface area contributed by atoms with E-state index in [0.717, 1.165) is 115 Å². The first-order valence-electron chi connectivity index (χ1n) is 21.0. The molecule has 0 spiro atoms. The number of ketones is 2. The largest absolute Gasteiger partial charge is 1.00 e. The van der Waals surface area contributed by atoms with E-state index in [9.17, 15) is 40.7 Å². The molecule has 0 radical (unpaired) electrons. The van der Waals surface area contributed by atoms with Crippen LogP contribution in [0, 0.1) is 23.7 Å². The van der Waals surface area contributed by atoms with Crippen LogP contribution in [0.2, 0.25) is 0 Å². The van der Waals surface area contributed by atoms with E-state index in [1.807, 2.05) is 4.90 Å². The predicted octanol–water partition coefficient (Wildman–Crippen LogP) is 5.37. The second-order valence-corrected chi connectivity index (χ2v) is 16.3. The maximum Gasteiger partial charge on any atom is 1.00 e. The predicted molar refractivity (Wildman–Crippen MR) is 217 cm³/mol. The topological polar surface area (TPSA) is 85.4 Å². The van der Waals surface area contributed by atoms with Gasteiger partial charge in [-0.15, -0.1) is 0 Å². The molecule has 8 nitrogen and oxygen atoms in total. The molecule has 60 heavy (non-hydrogen) atoms. The molecule has 2 aromatic carbocycles. The van der Waals surface area contributed by atoms with Crippen molar-refractivity contribution in [3.63, 3.8) is 0 Å². The number of amides is 1. The molecule has 5 fully saturated rings. The summed E-state index contributed by atoms with van der Waals surface area (Å²) in [4.78, 5) is 39.7. The fourth-order valence-corrected chi connectivity index (χ4v) is 8.27. The van der Waals surface area contributed by atoms with Gasteiger partial charge in [0.25, 0.3) is 0 Å². The number of Topliss-reactive ketones (excluding diaryl/α,β-unsaturated/α-hetero) is 2. The maximum absolute atomic E-state index is 12.7. The first-order valence-corrected chi connectivity index (χ1v) is 21.0. The van der Waals surface area contributed by atoms with E-state index in [1.54, 1.807) is 0 Å². The van der Waals surface area contributed by atoms with Crippen LogP contribution in [0.15, 0.2) is 48.5 Å². The minimum atomic E-state index is -4.35. The molecule has 0 bridgehead atoms. The van der Waals surface area contributed by atoms with Gasteiger partial charge in [-0.05, 0) is 125 Å². The summed E-state index contributed by atoms with van der Waals surface area (Å²) in [5, 5.41) is 0. The van der Waals surface area contributed by atoms with Crippen LogP contribution in [0.25, 0.3) is 0 Å². The summed E-state index contributed by atoms with van der Waals surface area (Å²) in [5.41, 5.74) is -1.35. The van der Waals surface area contributed by atoms with Crippen molar-refractivity contribution in [3.05, 3.63) is 59.7 Å². The summed E-state index contributed by atoms with van der Waals surface area (Å²) >= 11 is 0. The monoisotopic (exact) mass is 862 g/mol. The number of carbonyl (C=O) groups excluding carboxylic acids is 3.